The van der Waals surface area contributed by atoms with E-state index in [9.17, 15) is 0 Å². The molecule has 1 rings (SSSR count). The minimum Gasteiger partial charge on any atom is -0.299 e. The maximum atomic E-state index is 5.33. The first-order valence-electron chi connectivity index (χ1n) is 4.43. The largest absolute Gasteiger partial charge is 0.299 e. The standard InChI is InChI=1S/C9H19NO/c1-7(2)11-10-8-5-6-9(8,3)4/h7-8,10H,5-6H2,1-4H3. The van der Waals surface area contributed by atoms with Gasteiger partial charge in [-0.25, -0.2) is 0 Å². The van der Waals surface area contributed by atoms with Crippen LogP contribution in [0.5, 0.6) is 0 Å². The van der Waals surface area contributed by atoms with E-state index < -0.39 is 0 Å². The summed E-state index contributed by atoms with van der Waals surface area (Å²) in [6, 6.07) is 0.560. The van der Waals surface area contributed by atoms with Crippen LogP contribution >= 0.6 is 0 Å². The summed E-state index contributed by atoms with van der Waals surface area (Å²) in [6.45, 7) is 8.63. The van der Waals surface area contributed by atoms with Crippen LogP contribution in [0.4, 0.5) is 0 Å². The van der Waals surface area contributed by atoms with Crippen molar-refractivity contribution in [3.63, 3.8) is 0 Å². The van der Waals surface area contributed by atoms with Crippen molar-refractivity contribution < 1.29 is 4.84 Å². The van der Waals surface area contributed by atoms with Crippen LogP contribution in [-0.4, -0.2) is 12.1 Å². The number of rotatable bonds is 3. The van der Waals surface area contributed by atoms with Gasteiger partial charge in [-0.15, -0.1) is 0 Å². The van der Waals surface area contributed by atoms with Crippen molar-refractivity contribution in [2.75, 3.05) is 0 Å². The Balaban J connectivity index is 2.18. The molecule has 0 amide bonds. The molecule has 0 aromatic carbocycles. The van der Waals surface area contributed by atoms with Gasteiger partial charge in [-0.1, -0.05) is 13.8 Å². The highest BCUT2D eigenvalue weighted by atomic mass is 16.7. The lowest BCUT2D eigenvalue weighted by Gasteiger charge is -2.44. The average molecular weight is 157 g/mol. The zero-order valence-electron chi connectivity index (χ0n) is 7.98. The number of hydroxylamine groups is 1. The molecule has 0 aromatic heterocycles. The number of hydrogen-bond donors (Lipinski definition) is 1. The summed E-state index contributed by atoms with van der Waals surface area (Å²) in [7, 11) is 0. The van der Waals surface area contributed by atoms with Gasteiger partial charge in [-0.2, -0.15) is 5.48 Å². The molecule has 1 aliphatic carbocycles. The Morgan fingerprint density at radius 2 is 2.09 bits per heavy atom. The van der Waals surface area contributed by atoms with Crippen LogP contribution in [0.25, 0.3) is 0 Å². The van der Waals surface area contributed by atoms with Crippen molar-refractivity contribution in [3.05, 3.63) is 0 Å². The summed E-state index contributed by atoms with van der Waals surface area (Å²) in [4.78, 5) is 5.33. The maximum Gasteiger partial charge on any atom is 0.0734 e. The van der Waals surface area contributed by atoms with E-state index in [-0.39, 0.29) is 6.10 Å². The molecule has 1 unspecified atom stereocenters. The van der Waals surface area contributed by atoms with E-state index in [1.165, 1.54) is 12.8 Å². The van der Waals surface area contributed by atoms with Crippen molar-refractivity contribution in [1.82, 2.24) is 5.48 Å². The molecule has 0 spiro atoms. The molecule has 0 radical (unpaired) electrons. The third-order valence-corrected chi connectivity index (χ3v) is 2.47. The monoisotopic (exact) mass is 157 g/mol. The Labute approximate surface area is 69.3 Å². The van der Waals surface area contributed by atoms with E-state index in [4.69, 9.17) is 4.84 Å². The molecule has 0 aliphatic heterocycles. The quantitative estimate of drug-likeness (QED) is 0.633. The summed E-state index contributed by atoms with van der Waals surface area (Å²) >= 11 is 0. The van der Waals surface area contributed by atoms with Crippen molar-refractivity contribution in [1.29, 1.82) is 0 Å². The molecule has 1 fully saturated rings. The summed E-state index contributed by atoms with van der Waals surface area (Å²) in [5.74, 6) is 0. The second kappa shape index (κ2) is 3.11. The SMILES string of the molecule is CC(C)ONC1CCC1(C)C. The lowest BCUT2D eigenvalue weighted by molar-refractivity contribution is -0.0813. The minimum atomic E-state index is 0.284. The van der Waals surface area contributed by atoms with Crippen molar-refractivity contribution in [2.45, 2.75) is 52.7 Å². The zero-order valence-corrected chi connectivity index (χ0v) is 7.98. The molecular formula is C9H19NO. The molecule has 11 heavy (non-hydrogen) atoms. The predicted octanol–water partition coefficient (Wildman–Crippen LogP) is 2.10. The van der Waals surface area contributed by atoms with Crippen LogP contribution in [0.2, 0.25) is 0 Å². The molecule has 0 aromatic rings. The Kier molecular flexibility index (Phi) is 2.55. The summed E-state index contributed by atoms with van der Waals surface area (Å²) in [5.41, 5.74) is 3.55. The first kappa shape index (κ1) is 9.01. The summed E-state index contributed by atoms with van der Waals surface area (Å²) in [6.07, 6.45) is 2.85. The van der Waals surface area contributed by atoms with E-state index in [0.29, 0.717) is 11.5 Å². The highest BCUT2D eigenvalue weighted by Crippen LogP contribution is 2.39. The van der Waals surface area contributed by atoms with Crippen molar-refractivity contribution in [3.8, 4) is 0 Å². The van der Waals surface area contributed by atoms with Gasteiger partial charge in [0.25, 0.3) is 0 Å². The normalized spacial score (nSPS) is 28.6. The van der Waals surface area contributed by atoms with E-state index in [1.54, 1.807) is 0 Å². The van der Waals surface area contributed by atoms with Crippen molar-refractivity contribution >= 4 is 0 Å². The smallest absolute Gasteiger partial charge is 0.0734 e. The third-order valence-electron chi connectivity index (χ3n) is 2.47. The Morgan fingerprint density at radius 3 is 2.36 bits per heavy atom. The fraction of sp³-hybridized carbons (Fsp3) is 1.00. The van der Waals surface area contributed by atoms with Gasteiger partial charge in [0.2, 0.25) is 0 Å². The fourth-order valence-corrected chi connectivity index (χ4v) is 1.30. The lowest BCUT2D eigenvalue weighted by atomic mass is 9.68. The van der Waals surface area contributed by atoms with Gasteiger partial charge in [0, 0.05) is 6.04 Å². The second-order valence-electron chi connectivity index (χ2n) is 4.36. The molecular weight excluding hydrogens is 138 g/mol. The van der Waals surface area contributed by atoms with Crippen LogP contribution in [0.15, 0.2) is 0 Å². The van der Waals surface area contributed by atoms with Gasteiger partial charge >= 0.3 is 0 Å². The Hall–Kier alpha value is -0.0800. The van der Waals surface area contributed by atoms with Crippen LogP contribution in [0, 0.1) is 5.41 Å². The first-order chi connectivity index (χ1) is 5.02. The van der Waals surface area contributed by atoms with Crippen LogP contribution in [0.1, 0.15) is 40.5 Å². The molecule has 1 N–H and O–H groups in total. The van der Waals surface area contributed by atoms with Gasteiger partial charge in [-0.05, 0) is 32.1 Å². The molecule has 0 bridgehead atoms. The van der Waals surface area contributed by atoms with E-state index in [0.717, 1.165) is 0 Å². The molecule has 0 heterocycles. The topological polar surface area (TPSA) is 21.3 Å². The Morgan fingerprint density at radius 1 is 1.45 bits per heavy atom. The van der Waals surface area contributed by atoms with Crippen LogP contribution in [-0.2, 0) is 4.84 Å². The number of hydrogen-bond acceptors (Lipinski definition) is 2. The minimum absolute atomic E-state index is 0.284. The molecule has 2 heteroatoms. The molecule has 0 saturated heterocycles. The van der Waals surface area contributed by atoms with Gasteiger partial charge in [-0.3, -0.25) is 4.84 Å². The van der Waals surface area contributed by atoms with E-state index in [2.05, 4.69) is 19.3 Å². The van der Waals surface area contributed by atoms with Gasteiger partial charge < -0.3 is 0 Å². The summed E-state index contributed by atoms with van der Waals surface area (Å²) in [5, 5.41) is 0. The second-order valence-corrected chi connectivity index (χ2v) is 4.36. The van der Waals surface area contributed by atoms with Gasteiger partial charge in [0.05, 0.1) is 6.10 Å². The number of nitrogens with one attached hydrogen (secondary N) is 1. The van der Waals surface area contributed by atoms with Crippen LogP contribution < -0.4 is 5.48 Å². The fourth-order valence-electron chi connectivity index (χ4n) is 1.30. The zero-order chi connectivity index (χ0) is 8.48. The average Bonchev–Trinajstić information content (AvgIpc) is 1.85. The highest BCUT2D eigenvalue weighted by molar-refractivity contribution is 4.92. The maximum absolute atomic E-state index is 5.33. The van der Waals surface area contributed by atoms with Gasteiger partial charge in [0.1, 0.15) is 0 Å². The molecule has 66 valence electrons. The van der Waals surface area contributed by atoms with Crippen LogP contribution in [0.3, 0.4) is 0 Å². The van der Waals surface area contributed by atoms with E-state index >= 15 is 0 Å². The lowest BCUT2D eigenvalue weighted by Crippen LogP contribution is -2.50. The van der Waals surface area contributed by atoms with E-state index in [1.807, 2.05) is 13.8 Å². The first-order valence-corrected chi connectivity index (χ1v) is 4.43. The van der Waals surface area contributed by atoms with Crippen molar-refractivity contribution in [2.24, 2.45) is 5.41 Å². The predicted molar refractivity (Wildman–Crippen MR) is 46.2 cm³/mol. The molecule has 2 nitrogen and oxygen atoms in total. The Bertz CT molecular complexity index is 132. The highest BCUT2D eigenvalue weighted by Gasteiger charge is 2.38. The molecule has 1 atom stereocenters. The molecule has 1 saturated carbocycles. The summed E-state index contributed by atoms with van der Waals surface area (Å²) < 4.78 is 0. The van der Waals surface area contributed by atoms with Gasteiger partial charge in [0.15, 0.2) is 0 Å². The molecule has 1 aliphatic rings. The third kappa shape index (κ3) is 2.17.